The van der Waals surface area contributed by atoms with Gasteiger partial charge in [0.15, 0.2) is 0 Å². The van der Waals surface area contributed by atoms with Crippen LogP contribution in [0.2, 0.25) is 5.02 Å². The van der Waals surface area contributed by atoms with Gasteiger partial charge >= 0.3 is 0 Å². The normalized spacial score (nSPS) is 17.9. The topological polar surface area (TPSA) is 12.0 Å². The second kappa shape index (κ2) is 8.19. The monoisotopic (exact) mass is 307 g/mol. The molecule has 1 fully saturated rings. The van der Waals surface area contributed by atoms with Crippen LogP contribution in [0.3, 0.4) is 0 Å². The molecule has 1 atom stereocenters. The summed E-state index contributed by atoms with van der Waals surface area (Å²) >= 11 is 6.51. The van der Waals surface area contributed by atoms with Crippen molar-refractivity contribution in [3.63, 3.8) is 0 Å². The number of rotatable bonds is 6. The second-order valence-corrected chi connectivity index (χ2v) is 7.06. The first-order valence-electron chi connectivity index (χ1n) is 8.61. The van der Waals surface area contributed by atoms with E-state index in [1.165, 1.54) is 61.6 Å². The van der Waals surface area contributed by atoms with E-state index in [4.69, 9.17) is 11.6 Å². The summed E-state index contributed by atoms with van der Waals surface area (Å²) in [5.74, 6) is 0.935. The summed E-state index contributed by atoms with van der Waals surface area (Å²) in [6, 6.07) is 4.81. The third kappa shape index (κ3) is 4.72. The molecule has 118 valence electrons. The van der Waals surface area contributed by atoms with E-state index in [0.717, 1.165) is 17.5 Å². The molecule has 1 aromatic carbocycles. The lowest BCUT2D eigenvalue weighted by atomic mass is 9.84. The van der Waals surface area contributed by atoms with Crippen molar-refractivity contribution in [2.45, 2.75) is 71.8 Å². The molecule has 1 N–H and O–H groups in total. The maximum atomic E-state index is 6.51. The smallest absolute Gasteiger partial charge is 0.0456 e. The van der Waals surface area contributed by atoms with Gasteiger partial charge in [-0.05, 0) is 61.9 Å². The van der Waals surface area contributed by atoms with Crippen LogP contribution < -0.4 is 5.32 Å². The van der Waals surface area contributed by atoms with Crippen molar-refractivity contribution >= 4 is 11.6 Å². The summed E-state index contributed by atoms with van der Waals surface area (Å²) in [5, 5.41) is 4.57. The Morgan fingerprint density at radius 1 is 1.14 bits per heavy atom. The Morgan fingerprint density at radius 2 is 1.81 bits per heavy atom. The van der Waals surface area contributed by atoms with Crippen LogP contribution in [-0.2, 0) is 0 Å². The number of aryl methyl sites for hydroxylation is 2. The van der Waals surface area contributed by atoms with E-state index in [-0.39, 0.29) is 0 Å². The third-order valence-electron chi connectivity index (χ3n) is 5.03. The molecule has 21 heavy (non-hydrogen) atoms. The van der Waals surface area contributed by atoms with E-state index in [2.05, 4.69) is 38.2 Å². The lowest BCUT2D eigenvalue weighted by Crippen LogP contribution is -2.22. The molecule has 1 aliphatic carbocycles. The fraction of sp³-hybridized carbons (Fsp3) is 0.684. The van der Waals surface area contributed by atoms with Gasteiger partial charge in [-0.3, -0.25) is 0 Å². The minimum Gasteiger partial charge on any atom is -0.310 e. The predicted molar refractivity (Wildman–Crippen MR) is 93.2 cm³/mol. The summed E-state index contributed by atoms with van der Waals surface area (Å²) in [5.41, 5.74) is 3.92. The van der Waals surface area contributed by atoms with Crippen molar-refractivity contribution in [3.8, 4) is 0 Å². The van der Waals surface area contributed by atoms with Crippen LogP contribution in [0.1, 0.15) is 74.6 Å². The van der Waals surface area contributed by atoms with Gasteiger partial charge in [-0.1, -0.05) is 56.7 Å². The Bertz CT molecular complexity index is 449. The first-order valence-corrected chi connectivity index (χ1v) is 8.99. The molecule has 0 amide bonds. The molecular weight excluding hydrogens is 278 g/mol. The van der Waals surface area contributed by atoms with E-state index >= 15 is 0 Å². The molecule has 0 bridgehead atoms. The Morgan fingerprint density at radius 3 is 2.48 bits per heavy atom. The van der Waals surface area contributed by atoms with Crippen LogP contribution in [0.25, 0.3) is 0 Å². The highest BCUT2D eigenvalue weighted by molar-refractivity contribution is 6.31. The van der Waals surface area contributed by atoms with Gasteiger partial charge in [0.1, 0.15) is 0 Å². The molecular formula is C19H30ClN. The van der Waals surface area contributed by atoms with Crippen molar-refractivity contribution < 1.29 is 0 Å². The van der Waals surface area contributed by atoms with Crippen molar-refractivity contribution in [1.82, 2.24) is 5.32 Å². The molecule has 0 saturated heterocycles. The van der Waals surface area contributed by atoms with E-state index in [1.807, 2.05) is 0 Å². The fourth-order valence-electron chi connectivity index (χ4n) is 3.56. The van der Waals surface area contributed by atoms with Crippen molar-refractivity contribution in [1.29, 1.82) is 0 Å². The zero-order chi connectivity index (χ0) is 15.2. The Hall–Kier alpha value is -0.530. The predicted octanol–water partition coefficient (Wildman–Crippen LogP) is 5.97. The Balaban J connectivity index is 2.05. The SMILES string of the molecule is CCNC(CCC1CCCCC1)c1cc(C)c(C)cc1Cl. The molecule has 2 heteroatoms. The first kappa shape index (κ1) is 16.8. The molecule has 0 aromatic heterocycles. The second-order valence-electron chi connectivity index (χ2n) is 6.65. The summed E-state index contributed by atoms with van der Waals surface area (Å²) < 4.78 is 0. The molecule has 0 heterocycles. The van der Waals surface area contributed by atoms with E-state index < -0.39 is 0 Å². The summed E-state index contributed by atoms with van der Waals surface area (Å²) in [7, 11) is 0. The zero-order valence-corrected chi connectivity index (χ0v) is 14.6. The van der Waals surface area contributed by atoms with Crippen LogP contribution in [0, 0.1) is 19.8 Å². The van der Waals surface area contributed by atoms with Crippen molar-refractivity contribution in [3.05, 3.63) is 33.8 Å². The Kier molecular flexibility index (Phi) is 6.57. The summed E-state index contributed by atoms with van der Waals surface area (Å²) in [4.78, 5) is 0. The van der Waals surface area contributed by atoms with E-state index in [1.54, 1.807) is 0 Å². The fourth-order valence-corrected chi connectivity index (χ4v) is 3.91. The third-order valence-corrected chi connectivity index (χ3v) is 5.35. The highest BCUT2D eigenvalue weighted by atomic mass is 35.5. The van der Waals surface area contributed by atoms with Gasteiger partial charge in [0.25, 0.3) is 0 Å². The van der Waals surface area contributed by atoms with E-state index in [0.29, 0.717) is 6.04 Å². The molecule has 0 spiro atoms. The standard InChI is InChI=1S/C19H30ClN/c1-4-21-19(11-10-16-8-6-5-7-9-16)17-12-14(2)15(3)13-18(17)20/h12-13,16,19,21H,4-11H2,1-3H3. The highest BCUT2D eigenvalue weighted by Crippen LogP contribution is 2.33. The quantitative estimate of drug-likeness (QED) is 0.683. The van der Waals surface area contributed by atoms with Gasteiger partial charge in [0.05, 0.1) is 0 Å². The van der Waals surface area contributed by atoms with Crippen LogP contribution in [0.15, 0.2) is 12.1 Å². The van der Waals surface area contributed by atoms with E-state index in [9.17, 15) is 0 Å². The first-order chi connectivity index (χ1) is 10.1. The minimum absolute atomic E-state index is 0.406. The van der Waals surface area contributed by atoms with Crippen LogP contribution in [0.5, 0.6) is 0 Å². The molecule has 1 unspecified atom stereocenters. The number of hydrogen-bond donors (Lipinski definition) is 1. The van der Waals surface area contributed by atoms with Crippen LogP contribution >= 0.6 is 11.6 Å². The summed E-state index contributed by atoms with van der Waals surface area (Å²) in [6.45, 7) is 7.50. The highest BCUT2D eigenvalue weighted by Gasteiger charge is 2.19. The number of halogens is 1. The lowest BCUT2D eigenvalue weighted by molar-refractivity contribution is 0.315. The van der Waals surface area contributed by atoms with Crippen LogP contribution in [-0.4, -0.2) is 6.54 Å². The van der Waals surface area contributed by atoms with Gasteiger partial charge in [0, 0.05) is 11.1 Å². The average Bonchev–Trinajstić information content (AvgIpc) is 2.48. The van der Waals surface area contributed by atoms with Crippen molar-refractivity contribution in [2.24, 2.45) is 5.92 Å². The Labute approximate surface area is 135 Å². The number of benzene rings is 1. The molecule has 1 aliphatic rings. The maximum Gasteiger partial charge on any atom is 0.0456 e. The average molecular weight is 308 g/mol. The largest absolute Gasteiger partial charge is 0.310 e. The number of hydrogen-bond acceptors (Lipinski definition) is 1. The molecule has 0 aliphatic heterocycles. The summed E-state index contributed by atoms with van der Waals surface area (Å²) in [6.07, 6.45) is 9.71. The molecule has 1 aromatic rings. The minimum atomic E-state index is 0.406. The molecule has 1 nitrogen and oxygen atoms in total. The van der Waals surface area contributed by atoms with Crippen LogP contribution in [0.4, 0.5) is 0 Å². The molecule has 2 rings (SSSR count). The van der Waals surface area contributed by atoms with Gasteiger partial charge in [-0.15, -0.1) is 0 Å². The van der Waals surface area contributed by atoms with Gasteiger partial charge in [0.2, 0.25) is 0 Å². The van der Waals surface area contributed by atoms with Gasteiger partial charge in [-0.2, -0.15) is 0 Å². The lowest BCUT2D eigenvalue weighted by Gasteiger charge is -2.26. The number of nitrogens with one attached hydrogen (secondary N) is 1. The van der Waals surface area contributed by atoms with Gasteiger partial charge < -0.3 is 5.32 Å². The molecule has 1 saturated carbocycles. The zero-order valence-electron chi connectivity index (χ0n) is 13.8. The van der Waals surface area contributed by atoms with Gasteiger partial charge in [-0.25, -0.2) is 0 Å². The molecule has 0 radical (unpaired) electrons. The van der Waals surface area contributed by atoms with Crippen molar-refractivity contribution in [2.75, 3.05) is 6.54 Å². The maximum absolute atomic E-state index is 6.51.